The Morgan fingerprint density at radius 2 is 2.00 bits per heavy atom. The Morgan fingerprint density at radius 1 is 1.35 bits per heavy atom. The molecule has 1 atom stereocenters. The zero-order valence-corrected chi connectivity index (χ0v) is 12.6. The molecule has 96 valence electrons. The fourth-order valence-corrected chi connectivity index (χ4v) is 2.31. The van der Waals surface area contributed by atoms with E-state index in [9.17, 15) is 0 Å². The fraction of sp³-hybridized carbons (Fsp3) is 0.571. The molecule has 0 aromatic heterocycles. The van der Waals surface area contributed by atoms with Crippen molar-refractivity contribution in [1.29, 1.82) is 0 Å². The van der Waals surface area contributed by atoms with Crippen molar-refractivity contribution in [2.75, 3.05) is 12.4 Å². The molecular weight excluding hydrogens is 252 g/mol. The zero-order valence-electron chi connectivity index (χ0n) is 11.0. The average Bonchev–Trinajstić information content (AvgIpc) is 2.22. The van der Waals surface area contributed by atoms with Crippen LogP contribution in [0.3, 0.4) is 0 Å². The van der Waals surface area contributed by atoms with Crippen LogP contribution in [-0.2, 0) is 0 Å². The number of halogens is 1. The van der Waals surface area contributed by atoms with E-state index in [1.807, 2.05) is 25.1 Å². The van der Waals surface area contributed by atoms with E-state index in [0.717, 1.165) is 17.1 Å². The van der Waals surface area contributed by atoms with E-state index in [1.54, 1.807) is 0 Å². The Balaban J connectivity index is 2.69. The van der Waals surface area contributed by atoms with Crippen LogP contribution in [0.2, 0.25) is 5.02 Å². The number of hydrogen-bond donors (Lipinski definition) is 1. The van der Waals surface area contributed by atoms with Crippen LogP contribution in [-0.4, -0.2) is 12.4 Å². The summed E-state index contributed by atoms with van der Waals surface area (Å²) in [6.07, 6.45) is 0. The third-order valence-electron chi connectivity index (χ3n) is 3.04. The van der Waals surface area contributed by atoms with Crippen LogP contribution in [0.15, 0.2) is 18.2 Å². The molecule has 1 aromatic carbocycles. The summed E-state index contributed by atoms with van der Waals surface area (Å²) in [5, 5.41) is 0.712. The average molecular weight is 273 g/mol. The van der Waals surface area contributed by atoms with E-state index in [4.69, 9.17) is 16.3 Å². The maximum atomic E-state index is 5.96. The molecule has 0 spiro atoms. The Kier molecular flexibility index (Phi) is 5.21. The standard InChI is InChI=1S/C14H21ClOS/c1-10-5-6-12(15)7-13(10)16-8-11(9-17)14(2,3)4/h5-7,11,17H,8-9H2,1-4H3. The minimum absolute atomic E-state index is 0.203. The van der Waals surface area contributed by atoms with Crippen molar-refractivity contribution in [3.8, 4) is 5.75 Å². The summed E-state index contributed by atoms with van der Waals surface area (Å²) in [7, 11) is 0. The molecule has 0 amide bonds. The SMILES string of the molecule is Cc1ccc(Cl)cc1OCC(CS)C(C)(C)C. The van der Waals surface area contributed by atoms with Crippen molar-refractivity contribution in [2.45, 2.75) is 27.7 Å². The first kappa shape index (κ1) is 14.7. The first-order valence-electron chi connectivity index (χ1n) is 5.84. The van der Waals surface area contributed by atoms with Gasteiger partial charge in [0, 0.05) is 10.9 Å². The summed E-state index contributed by atoms with van der Waals surface area (Å²) in [6, 6.07) is 5.73. The van der Waals surface area contributed by atoms with Gasteiger partial charge in [-0.05, 0) is 35.8 Å². The molecule has 0 heterocycles. The van der Waals surface area contributed by atoms with E-state index < -0.39 is 0 Å². The van der Waals surface area contributed by atoms with Gasteiger partial charge in [-0.25, -0.2) is 0 Å². The number of hydrogen-bond acceptors (Lipinski definition) is 2. The topological polar surface area (TPSA) is 9.23 Å². The van der Waals surface area contributed by atoms with Crippen LogP contribution in [0.5, 0.6) is 5.75 Å². The Bertz CT molecular complexity index is 371. The molecule has 1 nitrogen and oxygen atoms in total. The van der Waals surface area contributed by atoms with Gasteiger partial charge in [-0.3, -0.25) is 0 Å². The summed E-state index contributed by atoms with van der Waals surface area (Å²) in [5.74, 6) is 2.11. The third-order valence-corrected chi connectivity index (χ3v) is 3.71. The Hall–Kier alpha value is -0.340. The summed E-state index contributed by atoms with van der Waals surface area (Å²) < 4.78 is 5.86. The highest BCUT2D eigenvalue weighted by atomic mass is 35.5. The third kappa shape index (κ3) is 4.44. The smallest absolute Gasteiger partial charge is 0.123 e. The van der Waals surface area contributed by atoms with E-state index >= 15 is 0 Å². The van der Waals surface area contributed by atoms with Gasteiger partial charge in [0.1, 0.15) is 5.75 Å². The van der Waals surface area contributed by atoms with E-state index in [1.165, 1.54) is 0 Å². The Morgan fingerprint density at radius 3 is 2.53 bits per heavy atom. The minimum Gasteiger partial charge on any atom is -0.493 e. The van der Waals surface area contributed by atoms with Crippen LogP contribution in [0.1, 0.15) is 26.3 Å². The molecule has 1 aromatic rings. The molecule has 0 fully saturated rings. The Labute approximate surface area is 115 Å². The van der Waals surface area contributed by atoms with Crippen molar-refractivity contribution in [2.24, 2.45) is 11.3 Å². The molecule has 0 saturated carbocycles. The zero-order chi connectivity index (χ0) is 13.1. The monoisotopic (exact) mass is 272 g/mol. The lowest BCUT2D eigenvalue weighted by molar-refractivity contribution is 0.164. The van der Waals surface area contributed by atoms with Crippen LogP contribution >= 0.6 is 24.2 Å². The molecule has 1 unspecified atom stereocenters. The van der Waals surface area contributed by atoms with Crippen LogP contribution in [0.25, 0.3) is 0 Å². The van der Waals surface area contributed by atoms with Gasteiger partial charge in [-0.1, -0.05) is 38.4 Å². The van der Waals surface area contributed by atoms with E-state index in [0.29, 0.717) is 17.5 Å². The summed E-state index contributed by atoms with van der Waals surface area (Å²) in [5.41, 5.74) is 1.31. The van der Waals surface area contributed by atoms with Gasteiger partial charge < -0.3 is 4.74 Å². The van der Waals surface area contributed by atoms with Crippen molar-refractivity contribution < 1.29 is 4.74 Å². The van der Waals surface area contributed by atoms with Crippen molar-refractivity contribution in [3.63, 3.8) is 0 Å². The number of ether oxygens (including phenoxy) is 1. The predicted octanol–water partition coefficient (Wildman–Crippen LogP) is 4.62. The second kappa shape index (κ2) is 6.01. The summed E-state index contributed by atoms with van der Waals surface area (Å²) >= 11 is 10.4. The van der Waals surface area contributed by atoms with Gasteiger partial charge in [-0.15, -0.1) is 0 Å². The van der Waals surface area contributed by atoms with E-state index in [-0.39, 0.29) is 5.41 Å². The fourth-order valence-electron chi connectivity index (χ4n) is 1.50. The molecule has 0 N–H and O–H groups in total. The molecule has 0 aliphatic heterocycles. The summed E-state index contributed by atoms with van der Waals surface area (Å²) in [4.78, 5) is 0. The first-order valence-corrected chi connectivity index (χ1v) is 6.85. The maximum absolute atomic E-state index is 5.96. The van der Waals surface area contributed by atoms with Gasteiger partial charge in [0.25, 0.3) is 0 Å². The van der Waals surface area contributed by atoms with Crippen LogP contribution in [0.4, 0.5) is 0 Å². The lowest BCUT2D eigenvalue weighted by Crippen LogP contribution is -2.28. The first-order chi connectivity index (χ1) is 7.84. The van der Waals surface area contributed by atoms with Crippen molar-refractivity contribution in [1.82, 2.24) is 0 Å². The van der Waals surface area contributed by atoms with E-state index in [2.05, 4.69) is 33.4 Å². The van der Waals surface area contributed by atoms with Crippen LogP contribution in [0, 0.1) is 18.3 Å². The number of aryl methyl sites for hydroxylation is 1. The lowest BCUT2D eigenvalue weighted by atomic mass is 9.82. The summed E-state index contributed by atoms with van der Waals surface area (Å²) in [6.45, 7) is 9.33. The van der Waals surface area contributed by atoms with Gasteiger partial charge in [0.05, 0.1) is 6.61 Å². The largest absolute Gasteiger partial charge is 0.493 e. The van der Waals surface area contributed by atoms with Gasteiger partial charge >= 0.3 is 0 Å². The van der Waals surface area contributed by atoms with Gasteiger partial charge in [0.2, 0.25) is 0 Å². The predicted molar refractivity (Wildman–Crippen MR) is 78.5 cm³/mol. The molecule has 1 rings (SSSR count). The maximum Gasteiger partial charge on any atom is 0.123 e. The van der Waals surface area contributed by atoms with Gasteiger partial charge in [-0.2, -0.15) is 12.6 Å². The molecule has 0 saturated heterocycles. The van der Waals surface area contributed by atoms with Gasteiger partial charge in [0.15, 0.2) is 0 Å². The number of rotatable bonds is 4. The number of benzene rings is 1. The van der Waals surface area contributed by atoms with Crippen molar-refractivity contribution in [3.05, 3.63) is 28.8 Å². The second-order valence-corrected chi connectivity index (χ2v) is 6.27. The molecule has 0 bridgehead atoms. The number of thiol groups is 1. The molecular formula is C14H21ClOS. The highest BCUT2D eigenvalue weighted by molar-refractivity contribution is 7.80. The molecule has 0 radical (unpaired) electrons. The lowest BCUT2D eigenvalue weighted by Gasteiger charge is -2.29. The minimum atomic E-state index is 0.203. The second-order valence-electron chi connectivity index (χ2n) is 5.47. The molecule has 3 heteroatoms. The van der Waals surface area contributed by atoms with Crippen LogP contribution < -0.4 is 4.74 Å². The molecule has 17 heavy (non-hydrogen) atoms. The highest BCUT2D eigenvalue weighted by Gasteiger charge is 2.24. The highest BCUT2D eigenvalue weighted by Crippen LogP contribution is 2.29. The van der Waals surface area contributed by atoms with Crippen molar-refractivity contribution >= 4 is 24.2 Å². The molecule has 0 aliphatic carbocycles. The molecule has 0 aliphatic rings. The quantitative estimate of drug-likeness (QED) is 0.787. The normalized spacial score (nSPS) is 13.5.